The third-order valence-corrected chi connectivity index (χ3v) is 3.57. The molecule has 124 valence electrons. The second-order valence-corrected chi connectivity index (χ2v) is 5.67. The van der Waals surface area contributed by atoms with Gasteiger partial charge < -0.3 is 19.0 Å². The minimum absolute atomic E-state index is 0.126. The molecule has 6 nitrogen and oxygen atoms in total. The molecule has 0 aliphatic heterocycles. The van der Waals surface area contributed by atoms with E-state index in [1.54, 1.807) is 42.7 Å². The van der Waals surface area contributed by atoms with E-state index in [0.29, 0.717) is 32.9 Å². The molecule has 2 aromatic heterocycles. The van der Waals surface area contributed by atoms with Crippen molar-refractivity contribution in [2.45, 2.75) is 6.61 Å². The van der Waals surface area contributed by atoms with Gasteiger partial charge in [0.1, 0.15) is 12.3 Å². The van der Waals surface area contributed by atoms with Gasteiger partial charge in [-0.3, -0.25) is 4.79 Å². The zero-order chi connectivity index (χ0) is 16.9. The number of benzene rings is 1. The Kier molecular flexibility index (Phi) is 5.20. The van der Waals surface area contributed by atoms with E-state index in [1.165, 1.54) is 0 Å². The third-order valence-electron chi connectivity index (χ3n) is 3.01. The molecule has 2 heterocycles. The number of furan rings is 1. The SMILES string of the molecule is O=C(COCc1cc(-c2ccco2)on1)Nc1cc(Cl)ccc1Cl. The Morgan fingerprint density at radius 1 is 1.21 bits per heavy atom. The van der Waals surface area contributed by atoms with E-state index in [4.69, 9.17) is 36.9 Å². The molecule has 0 radical (unpaired) electrons. The first-order chi connectivity index (χ1) is 11.6. The molecule has 0 spiro atoms. The van der Waals surface area contributed by atoms with Crippen molar-refractivity contribution in [2.75, 3.05) is 11.9 Å². The molecule has 0 unspecified atom stereocenters. The number of anilines is 1. The van der Waals surface area contributed by atoms with E-state index in [1.807, 2.05) is 0 Å². The number of carbonyl (C=O) groups excluding carboxylic acids is 1. The molecular weight excluding hydrogens is 355 g/mol. The highest BCUT2D eigenvalue weighted by atomic mass is 35.5. The number of halogens is 2. The molecule has 0 saturated heterocycles. The van der Waals surface area contributed by atoms with Crippen LogP contribution in [0, 0.1) is 0 Å². The van der Waals surface area contributed by atoms with Crippen LogP contribution in [0.1, 0.15) is 5.69 Å². The molecule has 1 amide bonds. The fourth-order valence-electron chi connectivity index (χ4n) is 1.94. The topological polar surface area (TPSA) is 77.5 Å². The minimum Gasteiger partial charge on any atom is -0.461 e. The molecule has 3 rings (SSSR count). The van der Waals surface area contributed by atoms with Crippen LogP contribution in [0.2, 0.25) is 10.0 Å². The lowest BCUT2D eigenvalue weighted by Crippen LogP contribution is -2.18. The van der Waals surface area contributed by atoms with Gasteiger partial charge in [-0.2, -0.15) is 0 Å². The van der Waals surface area contributed by atoms with Crippen molar-refractivity contribution < 1.29 is 18.5 Å². The van der Waals surface area contributed by atoms with Gasteiger partial charge in [-0.05, 0) is 30.3 Å². The lowest BCUT2D eigenvalue weighted by Gasteiger charge is -2.07. The highest BCUT2D eigenvalue weighted by molar-refractivity contribution is 6.35. The molecular formula is C16H12Cl2N2O4. The summed E-state index contributed by atoms with van der Waals surface area (Å²) in [5.74, 6) is 0.713. The van der Waals surface area contributed by atoms with Gasteiger partial charge in [0, 0.05) is 11.1 Å². The molecule has 0 fully saturated rings. The minimum atomic E-state index is -0.353. The van der Waals surface area contributed by atoms with E-state index in [-0.39, 0.29) is 19.1 Å². The van der Waals surface area contributed by atoms with Crippen molar-refractivity contribution in [3.05, 3.63) is 58.4 Å². The van der Waals surface area contributed by atoms with Crippen LogP contribution in [0.25, 0.3) is 11.5 Å². The molecule has 0 saturated carbocycles. The van der Waals surface area contributed by atoms with Gasteiger partial charge >= 0.3 is 0 Å². The summed E-state index contributed by atoms with van der Waals surface area (Å²) in [6.07, 6.45) is 1.54. The third kappa shape index (κ3) is 4.17. The lowest BCUT2D eigenvalue weighted by molar-refractivity contribution is -0.121. The van der Waals surface area contributed by atoms with E-state index in [0.717, 1.165) is 0 Å². The predicted molar refractivity (Wildman–Crippen MR) is 89.0 cm³/mol. The number of hydrogen-bond acceptors (Lipinski definition) is 5. The summed E-state index contributed by atoms with van der Waals surface area (Å²) in [6, 6.07) is 10.00. The Morgan fingerprint density at radius 3 is 2.88 bits per heavy atom. The van der Waals surface area contributed by atoms with Crippen LogP contribution < -0.4 is 5.32 Å². The highest BCUT2D eigenvalue weighted by Gasteiger charge is 2.11. The molecule has 8 heteroatoms. The summed E-state index contributed by atoms with van der Waals surface area (Å²) in [6.45, 7) is -0.0350. The predicted octanol–water partition coefficient (Wildman–Crippen LogP) is 4.40. The normalized spacial score (nSPS) is 10.8. The molecule has 0 atom stereocenters. The van der Waals surface area contributed by atoms with Crippen LogP contribution in [0.4, 0.5) is 5.69 Å². The standard InChI is InChI=1S/C16H12Cl2N2O4/c17-10-3-4-12(18)13(6-10)19-16(21)9-22-8-11-7-15(24-20-11)14-2-1-5-23-14/h1-7H,8-9H2,(H,19,21). The maximum atomic E-state index is 11.9. The first-order valence-corrected chi connectivity index (χ1v) is 7.69. The summed E-state index contributed by atoms with van der Waals surface area (Å²) in [5.41, 5.74) is 0.981. The molecule has 1 N–H and O–H groups in total. The average Bonchev–Trinajstić information content (AvgIpc) is 3.22. The summed E-state index contributed by atoms with van der Waals surface area (Å²) < 4.78 is 15.6. The van der Waals surface area contributed by atoms with Crippen molar-refractivity contribution in [1.29, 1.82) is 0 Å². The van der Waals surface area contributed by atoms with Crippen molar-refractivity contribution in [2.24, 2.45) is 0 Å². The van der Waals surface area contributed by atoms with E-state index in [2.05, 4.69) is 10.5 Å². The number of nitrogens with zero attached hydrogens (tertiary/aromatic N) is 1. The highest BCUT2D eigenvalue weighted by Crippen LogP contribution is 2.25. The average molecular weight is 367 g/mol. The van der Waals surface area contributed by atoms with Gasteiger partial charge in [-0.15, -0.1) is 0 Å². The van der Waals surface area contributed by atoms with E-state index in [9.17, 15) is 4.79 Å². The van der Waals surface area contributed by atoms with Gasteiger partial charge in [0.2, 0.25) is 11.7 Å². The first kappa shape index (κ1) is 16.6. The van der Waals surface area contributed by atoms with Crippen molar-refractivity contribution >= 4 is 34.8 Å². The molecule has 24 heavy (non-hydrogen) atoms. The molecule has 3 aromatic rings. The Hall–Kier alpha value is -2.28. The van der Waals surface area contributed by atoms with Crippen LogP contribution in [-0.2, 0) is 16.1 Å². The van der Waals surface area contributed by atoms with Crippen LogP contribution >= 0.6 is 23.2 Å². The number of nitrogens with one attached hydrogen (secondary N) is 1. The molecule has 1 aromatic carbocycles. The van der Waals surface area contributed by atoms with Crippen molar-refractivity contribution in [3.63, 3.8) is 0 Å². The zero-order valence-corrected chi connectivity index (χ0v) is 13.8. The molecule has 0 bridgehead atoms. The largest absolute Gasteiger partial charge is 0.461 e. The number of rotatable bonds is 6. The Labute approximate surface area is 147 Å². The van der Waals surface area contributed by atoms with Gasteiger partial charge in [0.15, 0.2) is 5.76 Å². The Bertz CT molecular complexity index is 830. The summed E-state index contributed by atoms with van der Waals surface area (Å²) in [7, 11) is 0. The van der Waals surface area contributed by atoms with Crippen molar-refractivity contribution in [1.82, 2.24) is 5.16 Å². The van der Waals surface area contributed by atoms with Crippen LogP contribution in [0.3, 0.4) is 0 Å². The van der Waals surface area contributed by atoms with Gasteiger partial charge in [-0.25, -0.2) is 0 Å². The second kappa shape index (κ2) is 7.53. The van der Waals surface area contributed by atoms with Crippen LogP contribution in [-0.4, -0.2) is 17.7 Å². The summed E-state index contributed by atoms with van der Waals surface area (Å²) in [4.78, 5) is 11.9. The maximum absolute atomic E-state index is 11.9. The number of ether oxygens (including phenoxy) is 1. The maximum Gasteiger partial charge on any atom is 0.250 e. The monoisotopic (exact) mass is 366 g/mol. The first-order valence-electron chi connectivity index (χ1n) is 6.94. The van der Waals surface area contributed by atoms with E-state index >= 15 is 0 Å². The smallest absolute Gasteiger partial charge is 0.250 e. The molecule has 0 aliphatic rings. The summed E-state index contributed by atoms with van der Waals surface area (Å²) in [5, 5.41) is 7.35. The summed E-state index contributed by atoms with van der Waals surface area (Å²) >= 11 is 11.8. The van der Waals surface area contributed by atoms with Crippen LogP contribution in [0.5, 0.6) is 0 Å². The van der Waals surface area contributed by atoms with Crippen LogP contribution in [0.15, 0.2) is 51.6 Å². The number of carbonyl (C=O) groups is 1. The number of hydrogen-bond donors (Lipinski definition) is 1. The molecule has 0 aliphatic carbocycles. The van der Waals surface area contributed by atoms with Gasteiger partial charge in [-0.1, -0.05) is 28.4 Å². The fraction of sp³-hybridized carbons (Fsp3) is 0.125. The Morgan fingerprint density at radius 2 is 2.08 bits per heavy atom. The van der Waals surface area contributed by atoms with Gasteiger partial charge in [0.05, 0.1) is 23.6 Å². The number of amides is 1. The number of aromatic nitrogens is 1. The van der Waals surface area contributed by atoms with Gasteiger partial charge in [0.25, 0.3) is 0 Å². The van der Waals surface area contributed by atoms with Crippen molar-refractivity contribution in [3.8, 4) is 11.5 Å². The fourth-order valence-corrected chi connectivity index (χ4v) is 2.28. The zero-order valence-electron chi connectivity index (χ0n) is 12.3. The lowest BCUT2D eigenvalue weighted by atomic mass is 10.3. The van der Waals surface area contributed by atoms with E-state index < -0.39 is 0 Å². The second-order valence-electron chi connectivity index (χ2n) is 4.82. The Balaban J connectivity index is 1.49. The quantitative estimate of drug-likeness (QED) is 0.699.